The van der Waals surface area contributed by atoms with Gasteiger partial charge in [-0.25, -0.2) is 24.1 Å². The van der Waals surface area contributed by atoms with Gasteiger partial charge in [-0.2, -0.15) is 8.42 Å². The van der Waals surface area contributed by atoms with Gasteiger partial charge in [0.2, 0.25) is 0 Å². The van der Waals surface area contributed by atoms with Gasteiger partial charge in [-0.05, 0) is 37.3 Å². The molecule has 0 spiro atoms. The van der Waals surface area contributed by atoms with Gasteiger partial charge in [-0.15, -0.1) is 0 Å². The molecule has 3 aromatic rings. The van der Waals surface area contributed by atoms with Gasteiger partial charge in [-0.3, -0.25) is 4.55 Å². The van der Waals surface area contributed by atoms with Crippen LogP contribution in [0.2, 0.25) is 5.02 Å². The molecule has 2 amide bonds. The van der Waals surface area contributed by atoms with E-state index in [1.165, 1.54) is 18.3 Å². The van der Waals surface area contributed by atoms with Crippen LogP contribution in [0.5, 0.6) is 0 Å². The number of carbonyl (C=O) groups is 1. The van der Waals surface area contributed by atoms with Crippen LogP contribution >= 0.6 is 24.4 Å². The molecule has 152 valence electrons. The van der Waals surface area contributed by atoms with Crippen LogP contribution in [0, 0.1) is 0 Å². The van der Waals surface area contributed by atoms with Crippen molar-refractivity contribution in [2.24, 2.45) is 0 Å². The summed E-state index contributed by atoms with van der Waals surface area (Å²) < 4.78 is 33.1. The fourth-order valence-corrected chi connectivity index (χ4v) is 3.51. The van der Waals surface area contributed by atoms with Gasteiger partial charge in [0.15, 0.2) is 11.5 Å². The number of urea groups is 1. The van der Waals surface area contributed by atoms with Crippen LogP contribution in [0.1, 0.15) is 6.92 Å². The Kier molecular flexibility index (Phi) is 6.07. The molecule has 3 rings (SSSR count). The van der Waals surface area contributed by atoms with Crippen molar-refractivity contribution in [3.8, 4) is 0 Å². The van der Waals surface area contributed by atoms with Crippen molar-refractivity contribution < 1.29 is 17.8 Å². The van der Waals surface area contributed by atoms with E-state index in [1.54, 1.807) is 19.1 Å². The first-order valence-corrected chi connectivity index (χ1v) is 10.4. The minimum atomic E-state index is -4.48. The van der Waals surface area contributed by atoms with E-state index < -0.39 is 21.0 Å². The number of fused-ring (bicyclic) bond motifs is 1. The summed E-state index contributed by atoms with van der Waals surface area (Å²) in [6, 6.07) is 6.77. The first-order valence-electron chi connectivity index (χ1n) is 8.13. The van der Waals surface area contributed by atoms with E-state index in [-0.39, 0.29) is 22.3 Å². The number of aromatic nitrogens is 3. The zero-order chi connectivity index (χ0) is 21.2. The Morgan fingerprint density at radius 1 is 1.28 bits per heavy atom. The molecule has 2 aromatic heterocycles. The third-order valence-electron chi connectivity index (χ3n) is 3.61. The second-order valence-corrected chi connectivity index (χ2v) is 7.86. The van der Waals surface area contributed by atoms with Gasteiger partial charge >= 0.3 is 6.03 Å². The quantitative estimate of drug-likeness (QED) is 0.341. The zero-order valence-electron chi connectivity index (χ0n) is 14.9. The van der Waals surface area contributed by atoms with Crippen LogP contribution in [0.3, 0.4) is 0 Å². The Morgan fingerprint density at radius 3 is 2.72 bits per heavy atom. The maximum atomic E-state index is 11.9. The Labute approximate surface area is 176 Å². The molecule has 0 fully saturated rings. The second kappa shape index (κ2) is 8.37. The summed E-state index contributed by atoms with van der Waals surface area (Å²) in [4.78, 5) is 24.3. The number of benzene rings is 1. The summed E-state index contributed by atoms with van der Waals surface area (Å²) >= 11 is 9.94. The highest BCUT2D eigenvalue weighted by Crippen LogP contribution is 2.26. The second-order valence-electron chi connectivity index (χ2n) is 5.66. The van der Waals surface area contributed by atoms with E-state index in [2.05, 4.69) is 38.4 Å². The Bertz CT molecular complexity index is 1190. The molecule has 0 aliphatic heterocycles. The molecule has 10 nitrogen and oxygen atoms in total. The summed E-state index contributed by atoms with van der Waals surface area (Å²) in [6.07, 6.45) is 1.42. The number of amides is 2. The molecule has 0 saturated heterocycles. The number of anilines is 3. The number of nitrogens with one attached hydrogen (secondary N) is 2. The van der Waals surface area contributed by atoms with Crippen molar-refractivity contribution in [2.75, 3.05) is 16.2 Å². The number of carbonyl (C=O) groups excluding carboxylic acids is 1. The molecular formula is C16H15ClN6O4S2. The molecule has 0 atom stereocenters. The number of pyridine rings is 1. The lowest BCUT2D eigenvalue weighted by atomic mass is 10.3. The summed E-state index contributed by atoms with van der Waals surface area (Å²) in [7, 11) is -4.48. The van der Waals surface area contributed by atoms with Crippen LogP contribution in [0.4, 0.5) is 22.1 Å². The summed E-state index contributed by atoms with van der Waals surface area (Å²) in [5, 5.41) is 5.35. The molecule has 0 bridgehead atoms. The van der Waals surface area contributed by atoms with Crippen molar-refractivity contribution in [3.63, 3.8) is 0 Å². The number of halogens is 1. The van der Waals surface area contributed by atoms with Crippen molar-refractivity contribution in [1.29, 1.82) is 0 Å². The Morgan fingerprint density at radius 2 is 2.03 bits per heavy atom. The van der Waals surface area contributed by atoms with E-state index >= 15 is 0 Å². The minimum Gasteiger partial charge on any atom is -0.339 e. The highest BCUT2D eigenvalue weighted by molar-refractivity contribution is 7.86. The molecule has 1 aromatic carbocycles. The predicted molar refractivity (Wildman–Crippen MR) is 112 cm³/mol. The largest absolute Gasteiger partial charge is 0.339 e. The van der Waals surface area contributed by atoms with E-state index in [0.717, 1.165) is 10.4 Å². The number of thiol groups is 1. The maximum Gasteiger partial charge on any atom is 0.333 e. The lowest BCUT2D eigenvalue weighted by molar-refractivity contribution is 0.250. The molecule has 0 aliphatic rings. The van der Waals surface area contributed by atoms with Gasteiger partial charge in [0.05, 0.1) is 11.2 Å². The summed E-state index contributed by atoms with van der Waals surface area (Å²) in [5.41, 5.74) is 1.02. The van der Waals surface area contributed by atoms with Gasteiger partial charge in [0.1, 0.15) is 16.2 Å². The van der Waals surface area contributed by atoms with Gasteiger partial charge < -0.3 is 10.6 Å². The average molecular weight is 455 g/mol. The zero-order valence-corrected chi connectivity index (χ0v) is 17.3. The molecule has 0 saturated carbocycles. The smallest absolute Gasteiger partial charge is 0.333 e. The van der Waals surface area contributed by atoms with E-state index in [9.17, 15) is 17.8 Å². The number of rotatable bonds is 5. The molecule has 29 heavy (non-hydrogen) atoms. The van der Waals surface area contributed by atoms with Crippen LogP contribution in [0.15, 0.2) is 41.4 Å². The van der Waals surface area contributed by atoms with Crippen molar-refractivity contribution in [1.82, 2.24) is 20.3 Å². The predicted octanol–water partition coefficient (Wildman–Crippen LogP) is 3.05. The third kappa shape index (κ3) is 4.85. The standard InChI is InChI=1S/C16H15ClN6O4S2/c1-2-18-16(24)23(28)14-6-5-11-15(22-14)21-13(8-19-11)20-9-3-4-10(17)12(7-9)29(25,26)27/h3-8,28H,2H2,1H3,(H,18,24)(H,20,21,22)(H,25,26,27). The molecule has 2 heterocycles. The van der Waals surface area contributed by atoms with Crippen LogP contribution in [-0.4, -0.2) is 40.5 Å². The van der Waals surface area contributed by atoms with Crippen LogP contribution in [0.25, 0.3) is 11.2 Å². The summed E-state index contributed by atoms with van der Waals surface area (Å²) in [5.74, 6) is 0.507. The monoisotopic (exact) mass is 454 g/mol. The summed E-state index contributed by atoms with van der Waals surface area (Å²) in [6.45, 7) is 2.21. The number of nitrogens with zero attached hydrogens (tertiary/aromatic N) is 4. The molecular weight excluding hydrogens is 440 g/mol. The third-order valence-corrected chi connectivity index (χ3v) is 5.33. The first-order chi connectivity index (χ1) is 13.7. The first kappa shape index (κ1) is 21.0. The number of hydrogen-bond donors (Lipinski definition) is 4. The maximum absolute atomic E-state index is 11.9. The highest BCUT2D eigenvalue weighted by Gasteiger charge is 2.16. The van der Waals surface area contributed by atoms with Crippen LogP contribution < -0.4 is 14.9 Å². The molecule has 3 N–H and O–H groups in total. The highest BCUT2D eigenvalue weighted by atomic mass is 35.5. The molecule has 0 radical (unpaired) electrons. The molecule has 13 heteroatoms. The number of hydrogen-bond acceptors (Lipinski definition) is 8. The van der Waals surface area contributed by atoms with E-state index in [4.69, 9.17) is 11.6 Å². The normalized spacial score (nSPS) is 11.3. The SMILES string of the molecule is CCNC(=O)N(S)c1ccc2ncc(Nc3ccc(Cl)c(S(=O)(=O)O)c3)nc2n1. The minimum absolute atomic E-state index is 0.117. The molecule has 0 aliphatic carbocycles. The van der Waals surface area contributed by atoms with Crippen molar-refractivity contribution >= 4 is 69.1 Å². The Hall–Kier alpha value is -2.67. The van der Waals surface area contributed by atoms with E-state index in [1.807, 2.05) is 0 Å². The van der Waals surface area contributed by atoms with Gasteiger partial charge in [0, 0.05) is 12.2 Å². The lowest BCUT2D eigenvalue weighted by Crippen LogP contribution is -2.34. The fourth-order valence-electron chi connectivity index (χ4n) is 2.32. The fraction of sp³-hybridized carbons (Fsp3) is 0.125. The van der Waals surface area contributed by atoms with Crippen LogP contribution in [-0.2, 0) is 10.1 Å². The van der Waals surface area contributed by atoms with Crippen molar-refractivity contribution in [2.45, 2.75) is 11.8 Å². The van der Waals surface area contributed by atoms with E-state index in [0.29, 0.717) is 17.7 Å². The van der Waals surface area contributed by atoms with Gasteiger partial charge in [-0.1, -0.05) is 24.4 Å². The Balaban J connectivity index is 1.92. The lowest BCUT2D eigenvalue weighted by Gasteiger charge is -2.15. The molecule has 0 unspecified atom stereocenters. The topological polar surface area (TPSA) is 137 Å². The van der Waals surface area contributed by atoms with Gasteiger partial charge in [0.25, 0.3) is 10.1 Å². The van der Waals surface area contributed by atoms with Crippen molar-refractivity contribution in [3.05, 3.63) is 41.6 Å². The average Bonchev–Trinajstić information content (AvgIpc) is 2.67.